The van der Waals surface area contributed by atoms with E-state index in [1.54, 1.807) is 0 Å². The van der Waals surface area contributed by atoms with Gasteiger partial charge in [-0.3, -0.25) is 4.79 Å². The topological polar surface area (TPSA) is 94.5 Å². The van der Waals surface area contributed by atoms with Crippen LogP contribution >= 0.6 is 11.8 Å². The summed E-state index contributed by atoms with van der Waals surface area (Å²) in [6.07, 6.45) is 1.02. The molecule has 4 heterocycles. The van der Waals surface area contributed by atoms with E-state index < -0.39 is 15.9 Å². The van der Waals surface area contributed by atoms with Gasteiger partial charge >= 0.3 is 0 Å². The van der Waals surface area contributed by atoms with Gasteiger partial charge in [0.1, 0.15) is 19.3 Å². The van der Waals surface area contributed by atoms with E-state index in [-0.39, 0.29) is 28.7 Å². The van der Waals surface area contributed by atoms with Gasteiger partial charge in [0.05, 0.1) is 17.5 Å². The van der Waals surface area contributed by atoms with Crippen LogP contribution in [0.1, 0.15) is 12.8 Å². The second-order valence-corrected chi connectivity index (χ2v) is 10.6. The lowest BCUT2D eigenvalue weighted by Crippen LogP contribution is -2.38. The normalized spacial score (nSPS) is 31.9. The zero-order valence-electron chi connectivity index (χ0n) is 15.1. The third kappa shape index (κ3) is 3.27. The average Bonchev–Trinajstić information content (AvgIpc) is 3.36. The number of anilines is 1. The molecular formula is C18H20N2O6S2. The standard InChI is InChI=1S/C18H20N2O6S2/c21-17(14-2-1-5-24-14)19-18-20(12-9-28(22,23)10-16(12)27-18)11-3-4-13-15(8-11)26-7-6-25-13/h3-4,8,12,14,16H,1-2,5-7,9-10H2/t12-,14+,16+/m0/s1. The number of ether oxygens (including phenoxy) is 3. The number of rotatable bonds is 2. The van der Waals surface area contributed by atoms with Crippen LogP contribution in [0, 0.1) is 0 Å². The molecule has 0 saturated carbocycles. The molecule has 10 heteroatoms. The molecule has 4 aliphatic rings. The van der Waals surface area contributed by atoms with Crippen LogP contribution in [0.3, 0.4) is 0 Å². The Hall–Kier alpha value is -1.78. The molecule has 3 atom stereocenters. The smallest absolute Gasteiger partial charge is 0.277 e. The molecule has 1 amide bonds. The van der Waals surface area contributed by atoms with E-state index in [4.69, 9.17) is 14.2 Å². The highest BCUT2D eigenvalue weighted by Crippen LogP contribution is 2.43. The Morgan fingerprint density at radius 3 is 2.75 bits per heavy atom. The molecular weight excluding hydrogens is 404 g/mol. The van der Waals surface area contributed by atoms with Crippen molar-refractivity contribution in [3.8, 4) is 11.5 Å². The third-order valence-electron chi connectivity index (χ3n) is 5.28. The first-order valence-corrected chi connectivity index (χ1v) is 12.0. The maximum absolute atomic E-state index is 12.5. The molecule has 4 aliphatic heterocycles. The number of hydrogen-bond acceptors (Lipinski definition) is 7. The number of benzene rings is 1. The highest BCUT2D eigenvalue weighted by molar-refractivity contribution is 8.16. The Morgan fingerprint density at radius 1 is 1.14 bits per heavy atom. The summed E-state index contributed by atoms with van der Waals surface area (Å²) in [6, 6.07) is 5.24. The van der Waals surface area contributed by atoms with Crippen LogP contribution in [0.2, 0.25) is 0 Å². The molecule has 0 unspecified atom stereocenters. The van der Waals surface area contributed by atoms with Crippen LogP contribution < -0.4 is 14.4 Å². The van der Waals surface area contributed by atoms with Gasteiger partial charge in [-0.15, -0.1) is 0 Å². The predicted octanol–water partition coefficient (Wildman–Crippen LogP) is 1.24. The van der Waals surface area contributed by atoms with Gasteiger partial charge in [-0.1, -0.05) is 11.8 Å². The lowest BCUT2D eigenvalue weighted by atomic mass is 10.2. The number of amidine groups is 1. The van der Waals surface area contributed by atoms with Crippen LogP contribution in [0.4, 0.5) is 5.69 Å². The van der Waals surface area contributed by atoms with Crippen molar-refractivity contribution in [3.63, 3.8) is 0 Å². The van der Waals surface area contributed by atoms with Crippen molar-refractivity contribution in [1.29, 1.82) is 0 Å². The van der Waals surface area contributed by atoms with E-state index in [0.29, 0.717) is 42.9 Å². The van der Waals surface area contributed by atoms with Gasteiger partial charge in [0.15, 0.2) is 26.5 Å². The molecule has 1 aromatic rings. The number of nitrogens with zero attached hydrogens (tertiary/aromatic N) is 2. The van der Waals surface area contributed by atoms with Gasteiger partial charge in [-0.2, -0.15) is 4.99 Å². The first-order valence-electron chi connectivity index (χ1n) is 9.30. The Morgan fingerprint density at radius 2 is 1.96 bits per heavy atom. The summed E-state index contributed by atoms with van der Waals surface area (Å²) >= 11 is 1.36. The second-order valence-electron chi connectivity index (χ2n) is 7.23. The molecule has 3 fully saturated rings. The molecule has 3 saturated heterocycles. The molecule has 5 rings (SSSR count). The minimum absolute atomic E-state index is 0.0479. The fourth-order valence-electron chi connectivity index (χ4n) is 3.99. The SMILES string of the molecule is O=C(N=C1S[C@@H]2CS(=O)(=O)C[C@@H]2N1c1ccc2c(c1)OCCO2)[C@H]1CCCO1. The zero-order chi connectivity index (χ0) is 19.3. The first-order chi connectivity index (χ1) is 13.5. The van der Waals surface area contributed by atoms with Crippen molar-refractivity contribution in [2.45, 2.75) is 30.2 Å². The number of thioether (sulfide) groups is 1. The van der Waals surface area contributed by atoms with Crippen LogP contribution in [-0.4, -0.2) is 68.2 Å². The van der Waals surface area contributed by atoms with Crippen LogP contribution in [0.25, 0.3) is 0 Å². The van der Waals surface area contributed by atoms with Crippen molar-refractivity contribution in [1.82, 2.24) is 0 Å². The van der Waals surface area contributed by atoms with Crippen molar-refractivity contribution in [2.24, 2.45) is 4.99 Å². The van der Waals surface area contributed by atoms with Gasteiger partial charge in [-0.05, 0) is 25.0 Å². The fourth-order valence-corrected chi connectivity index (χ4v) is 7.91. The summed E-state index contributed by atoms with van der Waals surface area (Å²) in [5.41, 5.74) is 0.750. The largest absolute Gasteiger partial charge is 0.486 e. The van der Waals surface area contributed by atoms with Crippen molar-refractivity contribution >= 4 is 38.4 Å². The van der Waals surface area contributed by atoms with Crippen LogP contribution in [-0.2, 0) is 19.4 Å². The lowest BCUT2D eigenvalue weighted by molar-refractivity contribution is -0.126. The molecule has 28 heavy (non-hydrogen) atoms. The molecule has 0 radical (unpaired) electrons. The molecule has 0 N–H and O–H groups in total. The quantitative estimate of drug-likeness (QED) is 0.700. The number of carbonyl (C=O) groups is 1. The molecule has 0 aliphatic carbocycles. The van der Waals surface area contributed by atoms with E-state index in [1.807, 2.05) is 23.1 Å². The van der Waals surface area contributed by atoms with Gasteiger partial charge in [0.2, 0.25) is 0 Å². The van der Waals surface area contributed by atoms with E-state index in [2.05, 4.69) is 4.99 Å². The second kappa shape index (κ2) is 6.93. The summed E-state index contributed by atoms with van der Waals surface area (Å²) < 4.78 is 41.1. The van der Waals surface area contributed by atoms with E-state index in [1.165, 1.54) is 11.8 Å². The predicted molar refractivity (Wildman–Crippen MR) is 105 cm³/mol. The summed E-state index contributed by atoms with van der Waals surface area (Å²) in [7, 11) is -3.11. The van der Waals surface area contributed by atoms with Crippen molar-refractivity contribution < 1.29 is 27.4 Å². The Kier molecular flexibility index (Phi) is 4.52. The number of carbonyl (C=O) groups excluding carboxylic acids is 1. The minimum atomic E-state index is -3.11. The summed E-state index contributed by atoms with van der Waals surface area (Å²) in [5.74, 6) is 1.11. The first kappa shape index (κ1) is 18.3. The van der Waals surface area contributed by atoms with E-state index >= 15 is 0 Å². The maximum atomic E-state index is 12.5. The lowest BCUT2D eigenvalue weighted by Gasteiger charge is -2.26. The van der Waals surface area contributed by atoms with Gasteiger partial charge in [0.25, 0.3) is 5.91 Å². The highest BCUT2D eigenvalue weighted by atomic mass is 32.2. The number of hydrogen-bond donors (Lipinski definition) is 0. The van der Waals surface area contributed by atoms with Crippen LogP contribution in [0.5, 0.6) is 11.5 Å². The fraction of sp³-hybridized carbons (Fsp3) is 0.556. The summed E-state index contributed by atoms with van der Waals surface area (Å²) in [4.78, 5) is 18.7. The number of aliphatic imine (C=N–C) groups is 1. The maximum Gasteiger partial charge on any atom is 0.277 e. The Bertz CT molecular complexity index is 941. The van der Waals surface area contributed by atoms with Crippen molar-refractivity contribution in [3.05, 3.63) is 18.2 Å². The van der Waals surface area contributed by atoms with Crippen molar-refractivity contribution in [2.75, 3.05) is 36.2 Å². The summed E-state index contributed by atoms with van der Waals surface area (Å²) in [6.45, 7) is 1.53. The highest BCUT2D eigenvalue weighted by Gasteiger charge is 2.49. The van der Waals surface area contributed by atoms with E-state index in [0.717, 1.165) is 12.1 Å². The zero-order valence-corrected chi connectivity index (χ0v) is 16.7. The minimum Gasteiger partial charge on any atom is -0.486 e. The molecule has 0 aromatic heterocycles. The number of fused-ring (bicyclic) bond motifs is 2. The van der Waals surface area contributed by atoms with Gasteiger partial charge in [-0.25, -0.2) is 8.42 Å². The molecule has 0 bridgehead atoms. The van der Waals surface area contributed by atoms with Gasteiger partial charge < -0.3 is 19.1 Å². The van der Waals surface area contributed by atoms with Gasteiger partial charge in [0, 0.05) is 23.6 Å². The Labute approximate surface area is 167 Å². The molecule has 0 spiro atoms. The molecule has 1 aromatic carbocycles. The monoisotopic (exact) mass is 424 g/mol. The number of amides is 1. The van der Waals surface area contributed by atoms with Crippen LogP contribution in [0.15, 0.2) is 23.2 Å². The molecule has 8 nitrogen and oxygen atoms in total. The Balaban J connectivity index is 1.51. The average molecular weight is 425 g/mol. The molecule has 150 valence electrons. The third-order valence-corrected chi connectivity index (χ3v) is 8.49. The van der Waals surface area contributed by atoms with E-state index in [9.17, 15) is 13.2 Å². The summed E-state index contributed by atoms with van der Waals surface area (Å²) in [5, 5.41) is 0.385. The number of sulfone groups is 1.